The zero-order valence-corrected chi connectivity index (χ0v) is 9.90. The maximum absolute atomic E-state index is 12.0. The first kappa shape index (κ1) is 13.6. The van der Waals surface area contributed by atoms with Crippen molar-refractivity contribution in [1.82, 2.24) is 4.98 Å². The molecule has 104 valence electrons. The molecule has 0 saturated heterocycles. The van der Waals surface area contributed by atoms with E-state index in [9.17, 15) is 13.9 Å². The molecule has 9 heteroatoms. The molecule has 2 rings (SSSR count). The van der Waals surface area contributed by atoms with E-state index in [4.69, 9.17) is 9.95 Å². The first-order chi connectivity index (χ1) is 9.60. The summed E-state index contributed by atoms with van der Waals surface area (Å²) in [6, 6.07) is 3.76. The molecule has 0 unspecified atom stereocenters. The molecule has 0 atom stereocenters. The average molecular weight is 282 g/mol. The van der Waals surface area contributed by atoms with Crippen molar-refractivity contribution in [1.29, 1.82) is 0 Å². The standard InChI is InChI=1S/C11H8F2N4O3/c12-11(13)20-9-2-1-6(3-8(9)18)10-16-7(5-19-10)4-15-17-14/h1-3,5,11,18H,4H2. The van der Waals surface area contributed by atoms with Crippen molar-refractivity contribution in [2.75, 3.05) is 0 Å². The first-order valence-electron chi connectivity index (χ1n) is 5.33. The van der Waals surface area contributed by atoms with E-state index in [0.717, 1.165) is 0 Å². The van der Waals surface area contributed by atoms with Crippen LogP contribution in [0.4, 0.5) is 8.78 Å². The summed E-state index contributed by atoms with van der Waals surface area (Å²) in [5, 5.41) is 12.9. The molecule has 1 N–H and O–H groups in total. The molecular weight excluding hydrogens is 274 g/mol. The summed E-state index contributed by atoms with van der Waals surface area (Å²) in [5.41, 5.74) is 8.96. The van der Waals surface area contributed by atoms with E-state index in [2.05, 4.69) is 19.7 Å². The molecule has 0 aliphatic carbocycles. The van der Waals surface area contributed by atoms with Crippen LogP contribution < -0.4 is 4.74 Å². The van der Waals surface area contributed by atoms with Gasteiger partial charge < -0.3 is 14.3 Å². The number of azide groups is 1. The summed E-state index contributed by atoms with van der Waals surface area (Å²) in [6.45, 7) is -3.00. The number of hydrogen-bond donors (Lipinski definition) is 1. The summed E-state index contributed by atoms with van der Waals surface area (Å²) in [7, 11) is 0. The van der Waals surface area contributed by atoms with Crippen molar-refractivity contribution < 1.29 is 23.0 Å². The molecule has 0 saturated carbocycles. The number of phenols is 1. The summed E-state index contributed by atoms with van der Waals surface area (Å²) >= 11 is 0. The molecule has 1 aromatic heterocycles. The van der Waals surface area contributed by atoms with Gasteiger partial charge >= 0.3 is 6.61 Å². The lowest BCUT2D eigenvalue weighted by atomic mass is 10.2. The molecule has 20 heavy (non-hydrogen) atoms. The topological polar surface area (TPSA) is 104 Å². The Morgan fingerprint density at radius 2 is 2.30 bits per heavy atom. The van der Waals surface area contributed by atoms with Gasteiger partial charge in [-0.3, -0.25) is 0 Å². The van der Waals surface area contributed by atoms with Gasteiger partial charge in [-0.2, -0.15) is 8.78 Å². The number of aromatic nitrogens is 1. The molecule has 0 aliphatic rings. The molecule has 0 bridgehead atoms. The predicted molar refractivity (Wildman–Crippen MR) is 63.1 cm³/mol. The Bertz CT molecular complexity index is 653. The summed E-state index contributed by atoms with van der Waals surface area (Å²) in [6.07, 6.45) is 1.30. The Kier molecular flexibility index (Phi) is 4.02. The molecule has 2 aromatic rings. The molecule has 0 spiro atoms. The molecule has 0 aliphatic heterocycles. The Morgan fingerprint density at radius 3 is 2.95 bits per heavy atom. The zero-order chi connectivity index (χ0) is 14.5. The summed E-state index contributed by atoms with van der Waals surface area (Å²) in [4.78, 5) is 6.60. The summed E-state index contributed by atoms with van der Waals surface area (Å²) < 4.78 is 33.3. The van der Waals surface area contributed by atoms with Gasteiger partial charge in [0, 0.05) is 10.5 Å². The van der Waals surface area contributed by atoms with Gasteiger partial charge in [0.15, 0.2) is 11.5 Å². The van der Waals surface area contributed by atoms with Gasteiger partial charge in [-0.25, -0.2) is 4.98 Å². The maximum Gasteiger partial charge on any atom is 0.387 e. The van der Waals surface area contributed by atoms with E-state index in [1.165, 1.54) is 24.5 Å². The second kappa shape index (κ2) is 5.89. The Hall–Kier alpha value is -2.80. The van der Waals surface area contributed by atoms with E-state index in [1.54, 1.807) is 0 Å². The van der Waals surface area contributed by atoms with Crippen LogP contribution >= 0.6 is 0 Å². The molecule has 0 amide bonds. The molecule has 1 aromatic carbocycles. The third-order valence-corrected chi connectivity index (χ3v) is 2.27. The quantitative estimate of drug-likeness (QED) is 0.515. The van der Waals surface area contributed by atoms with E-state index < -0.39 is 12.4 Å². The molecule has 0 radical (unpaired) electrons. The van der Waals surface area contributed by atoms with Crippen molar-refractivity contribution in [3.63, 3.8) is 0 Å². The Morgan fingerprint density at radius 1 is 1.50 bits per heavy atom. The van der Waals surface area contributed by atoms with Crippen LogP contribution in [0, 0.1) is 0 Å². The third kappa shape index (κ3) is 3.15. The van der Waals surface area contributed by atoms with Crippen molar-refractivity contribution >= 4 is 0 Å². The summed E-state index contributed by atoms with van der Waals surface area (Å²) in [5.74, 6) is -0.644. The number of aromatic hydroxyl groups is 1. The molecular formula is C11H8F2N4O3. The maximum atomic E-state index is 12.0. The van der Waals surface area contributed by atoms with Crippen molar-refractivity contribution in [3.8, 4) is 23.0 Å². The van der Waals surface area contributed by atoms with E-state index in [1.807, 2.05) is 0 Å². The SMILES string of the molecule is [N-]=[N+]=NCc1coc(-c2ccc(OC(F)F)c(O)c2)n1. The number of nitrogens with zero attached hydrogens (tertiary/aromatic N) is 4. The van der Waals surface area contributed by atoms with Crippen LogP contribution in [-0.4, -0.2) is 16.7 Å². The van der Waals surface area contributed by atoms with Gasteiger partial charge in [0.05, 0.1) is 12.2 Å². The minimum atomic E-state index is -3.02. The lowest BCUT2D eigenvalue weighted by Gasteiger charge is -2.06. The van der Waals surface area contributed by atoms with Crippen molar-refractivity contribution in [2.24, 2.45) is 5.11 Å². The largest absolute Gasteiger partial charge is 0.504 e. The van der Waals surface area contributed by atoms with Gasteiger partial charge in [-0.1, -0.05) is 5.11 Å². The first-order valence-corrected chi connectivity index (χ1v) is 5.33. The Balaban J connectivity index is 2.22. The second-order valence-corrected chi connectivity index (χ2v) is 3.59. The van der Waals surface area contributed by atoms with Gasteiger partial charge in [-0.15, -0.1) is 0 Å². The molecule has 7 nitrogen and oxygen atoms in total. The van der Waals surface area contributed by atoms with Crippen LogP contribution in [0.1, 0.15) is 5.69 Å². The highest BCUT2D eigenvalue weighted by Gasteiger charge is 2.12. The monoisotopic (exact) mass is 282 g/mol. The van der Waals surface area contributed by atoms with E-state index in [-0.39, 0.29) is 18.2 Å². The van der Waals surface area contributed by atoms with Crippen molar-refractivity contribution in [3.05, 3.63) is 40.6 Å². The van der Waals surface area contributed by atoms with Gasteiger partial charge in [0.1, 0.15) is 6.26 Å². The molecule has 0 fully saturated rings. The van der Waals surface area contributed by atoms with Gasteiger partial charge in [0.25, 0.3) is 0 Å². The average Bonchev–Trinajstić information content (AvgIpc) is 2.87. The van der Waals surface area contributed by atoms with Crippen LogP contribution in [0.5, 0.6) is 11.5 Å². The minimum Gasteiger partial charge on any atom is -0.504 e. The molecule has 1 heterocycles. The van der Waals surface area contributed by atoms with Crippen molar-refractivity contribution in [2.45, 2.75) is 13.2 Å². The third-order valence-electron chi connectivity index (χ3n) is 2.27. The Labute approximate surface area is 111 Å². The van der Waals surface area contributed by atoms with E-state index >= 15 is 0 Å². The fourth-order valence-electron chi connectivity index (χ4n) is 1.46. The number of halogens is 2. The van der Waals surface area contributed by atoms with Crippen LogP contribution in [0.25, 0.3) is 21.9 Å². The van der Waals surface area contributed by atoms with Crippen LogP contribution in [0.2, 0.25) is 0 Å². The number of oxazole rings is 1. The number of benzene rings is 1. The number of rotatable bonds is 5. The number of phenolic OH excluding ortho intramolecular Hbond substituents is 1. The number of hydrogen-bond acceptors (Lipinski definition) is 5. The number of ether oxygens (including phenoxy) is 1. The fourth-order valence-corrected chi connectivity index (χ4v) is 1.46. The lowest BCUT2D eigenvalue weighted by molar-refractivity contribution is -0.0512. The lowest BCUT2D eigenvalue weighted by Crippen LogP contribution is -2.01. The minimum absolute atomic E-state index is 0.0263. The highest BCUT2D eigenvalue weighted by atomic mass is 19.3. The highest BCUT2D eigenvalue weighted by Crippen LogP contribution is 2.32. The normalized spacial score (nSPS) is 10.3. The van der Waals surface area contributed by atoms with Crippen LogP contribution in [0.3, 0.4) is 0 Å². The van der Waals surface area contributed by atoms with Crippen LogP contribution in [0.15, 0.2) is 34.0 Å². The second-order valence-electron chi connectivity index (χ2n) is 3.59. The number of alkyl halides is 2. The van der Waals surface area contributed by atoms with Gasteiger partial charge in [0.2, 0.25) is 5.89 Å². The fraction of sp³-hybridized carbons (Fsp3) is 0.182. The van der Waals surface area contributed by atoms with Crippen LogP contribution in [-0.2, 0) is 6.54 Å². The van der Waals surface area contributed by atoms with Gasteiger partial charge in [-0.05, 0) is 23.7 Å². The highest BCUT2D eigenvalue weighted by molar-refractivity contribution is 5.59. The smallest absolute Gasteiger partial charge is 0.387 e. The zero-order valence-electron chi connectivity index (χ0n) is 9.90. The predicted octanol–water partition coefficient (Wildman–Crippen LogP) is 3.46. The van der Waals surface area contributed by atoms with E-state index in [0.29, 0.717) is 11.3 Å².